The van der Waals surface area contributed by atoms with E-state index in [-0.39, 0.29) is 18.8 Å². The first-order chi connectivity index (χ1) is 24.0. The maximum absolute atomic E-state index is 13.9. The van der Waals surface area contributed by atoms with Crippen LogP contribution in [-0.2, 0) is 47.3 Å². The van der Waals surface area contributed by atoms with Crippen LogP contribution in [0, 0.1) is 5.92 Å². The molecule has 3 heterocycles. The predicted octanol–water partition coefficient (Wildman–Crippen LogP) is 3.22. The first-order valence-electron chi connectivity index (χ1n) is 16.2. The molecule has 3 atom stereocenters. The zero-order valence-corrected chi connectivity index (χ0v) is 27.5. The zero-order valence-electron chi connectivity index (χ0n) is 27.5. The van der Waals surface area contributed by atoms with Gasteiger partial charge in [-0.05, 0) is 47.7 Å². The predicted molar refractivity (Wildman–Crippen MR) is 181 cm³/mol. The van der Waals surface area contributed by atoms with Crippen LogP contribution in [0.15, 0.2) is 73.2 Å². The molecule has 7 N–H and O–H groups in total. The molecule has 3 aromatic carbocycles. The summed E-state index contributed by atoms with van der Waals surface area (Å²) in [6.07, 6.45) is 3.35. The molecular weight excluding hydrogens is 644 g/mol. The van der Waals surface area contributed by atoms with Crippen molar-refractivity contribution >= 4 is 35.1 Å². The molecule has 0 fully saturated rings. The van der Waals surface area contributed by atoms with Crippen molar-refractivity contribution in [2.75, 3.05) is 24.3 Å². The molecule has 4 aromatic rings. The topological polar surface area (TPSA) is 207 Å². The third kappa shape index (κ3) is 7.16. The fraction of sp³-hybridized carbons (Fsp3) is 0.306. The Kier molecular flexibility index (Phi) is 9.83. The van der Waals surface area contributed by atoms with Crippen molar-refractivity contribution in [2.24, 2.45) is 5.92 Å². The number of H-pyrrole nitrogens is 1. The van der Waals surface area contributed by atoms with Crippen LogP contribution < -0.4 is 26.4 Å². The number of carboxylic acids is 1. The van der Waals surface area contributed by atoms with Gasteiger partial charge < -0.3 is 46.0 Å². The fourth-order valence-corrected chi connectivity index (χ4v) is 6.35. The van der Waals surface area contributed by atoms with E-state index in [2.05, 4.69) is 25.9 Å². The number of fused-ring (bicyclic) bond motifs is 6. The maximum atomic E-state index is 13.9. The molecule has 1 spiro atoms. The van der Waals surface area contributed by atoms with Crippen molar-refractivity contribution in [1.29, 1.82) is 0 Å². The van der Waals surface area contributed by atoms with Crippen LogP contribution in [0.4, 0.5) is 11.4 Å². The molecule has 0 saturated heterocycles. The number of nitrogens with two attached hydrogens (primary N) is 1. The molecule has 2 aliphatic rings. The number of rotatable bonds is 13. The van der Waals surface area contributed by atoms with Gasteiger partial charge in [0.15, 0.2) is 5.60 Å². The van der Waals surface area contributed by atoms with E-state index in [1.807, 2.05) is 56.3 Å². The van der Waals surface area contributed by atoms with Crippen molar-refractivity contribution in [2.45, 2.75) is 51.0 Å². The van der Waals surface area contributed by atoms with Crippen LogP contribution in [0.5, 0.6) is 11.5 Å². The first-order valence-corrected chi connectivity index (χ1v) is 16.2. The van der Waals surface area contributed by atoms with E-state index in [1.165, 1.54) is 6.33 Å². The summed E-state index contributed by atoms with van der Waals surface area (Å²) in [5.41, 5.74) is 10.4. The molecular formula is C36H38N6O8. The van der Waals surface area contributed by atoms with E-state index < -0.39 is 54.6 Å². The average Bonchev–Trinajstić information content (AvgIpc) is 3.72. The average molecular weight is 683 g/mol. The number of nitrogen functional groups attached to an aromatic ring is 1. The Hall–Kier alpha value is -5.73. The van der Waals surface area contributed by atoms with Gasteiger partial charge in [0, 0.05) is 52.9 Å². The summed E-state index contributed by atoms with van der Waals surface area (Å²) in [7, 11) is 0. The molecule has 260 valence electrons. The van der Waals surface area contributed by atoms with Gasteiger partial charge in [-0.3, -0.25) is 14.4 Å². The van der Waals surface area contributed by atoms with Crippen molar-refractivity contribution in [1.82, 2.24) is 20.6 Å². The number of aromatic nitrogens is 2. The molecule has 2 aliphatic heterocycles. The van der Waals surface area contributed by atoms with Gasteiger partial charge in [0.1, 0.15) is 36.8 Å². The Labute approximate surface area is 287 Å². The number of carboxylic acid groups (broad SMARTS) is 1. The molecule has 0 aliphatic carbocycles. The van der Waals surface area contributed by atoms with E-state index in [4.69, 9.17) is 25.1 Å². The third-order valence-electron chi connectivity index (χ3n) is 8.50. The minimum absolute atomic E-state index is 0.000883. The molecule has 3 amide bonds. The Morgan fingerprint density at radius 2 is 1.72 bits per heavy atom. The van der Waals surface area contributed by atoms with E-state index in [9.17, 15) is 19.2 Å². The van der Waals surface area contributed by atoms with E-state index in [0.29, 0.717) is 35.2 Å². The highest BCUT2D eigenvalue weighted by Gasteiger charge is 2.49. The second kappa shape index (κ2) is 14.4. The number of ether oxygens (including phenoxy) is 3. The Bertz CT molecular complexity index is 1910. The van der Waals surface area contributed by atoms with Gasteiger partial charge in [-0.2, -0.15) is 0 Å². The van der Waals surface area contributed by atoms with Crippen LogP contribution in [0.2, 0.25) is 0 Å². The Morgan fingerprint density at radius 3 is 2.46 bits per heavy atom. The Morgan fingerprint density at radius 1 is 0.960 bits per heavy atom. The largest absolute Gasteiger partial charge is 0.480 e. The number of benzene rings is 3. The monoisotopic (exact) mass is 682 g/mol. The smallest absolute Gasteiger partial charge is 0.329 e. The lowest BCUT2D eigenvalue weighted by Gasteiger charge is -2.37. The molecule has 0 bridgehead atoms. The number of nitrogens with one attached hydrogen (secondary N) is 4. The van der Waals surface area contributed by atoms with E-state index in [0.717, 1.165) is 22.3 Å². The van der Waals surface area contributed by atoms with Crippen molar-refractivity contribution in [3.63, 3.8) is 0 Å². The van der Waals surface area contributed by atoms with Crippen LogP contribution in [-0.4, -0.2) is 64.1 Å². The summed E-state index contributed by atoms with van der Waals surface area (Å²) in [5, 5.41) is 17.1. The highest BCUT2D eigenvalue weighted by molar-refractivity contribution is 5.99. The summed E-state index contributed by atoms with van der Waals surface area (Å²) < 4.78 is 17.8. The summed E-state index contributed by atoms with van der Waals surface area (Å²) >= 11 is 0. The summed E-state index contributed by atoms with van der Waals surface area (Å²) in [6, 6.07) is 16.7. The number of carbonyl (C=O) groups excluding carboxylic acids is 3. The fourth-order valence-electron chi connectivity index (χ4n) is 6.35. The standard InChI is InChI=1S/C36H38N6O8/c1-20(2)11-28(41-32(43)17-48-18-33(44)45)35(47)42-29(13-24-15-38-19-39-24)34(46)40-23-8-10-27-31(14-23)50-30-12-22(37)7-9-26(30)36(27)25-6-4-3-5-21(25)16-49-36/h3-10,12,14-15,19-20,28-29H,11,13,16-18,37H2,1-2H3,(H,38,39)(H,40,46)(H,41,43)(H,42,47)(H,44,45)/t28-,29-,36?/m0/s1. The lowest BCUT2D eigenvalue weighted by atomic mass is 9.77. The highest BCUT2D eigenvalue weighted by atomic mass is 16.5. The highest BCUT2D eigenvalue weighted by Crippen LogP contribution is 2.56. The number of carbonyl (C=O) groups is 4. The SMILES string of the molecule is CC(C)C[C@H](NC(=O)COCC(=O)O)C(=O)N[C@@H](Cc1cnc[nH]1)C(=O)Nc1ccc2c(c1)Oc1cc(N)ccc1C21OCc2ccccc21. The van der Waals surface area contributed by atoms with Crippen molar-refractivity contribution in [3.05, 3.63) is 101 Å². The molecule has 14 nitrogen and oxygen atoms in total. The number of hydrogen-bond donors (Lipinski definition) is 6. The number of aromatic amines is 1. The van der Waals surface area contributed by atoms with Gasteiger partial charge in [0.25, 0.3) is 0 Å². The second-order valence-corrected chi connectivity index (χ2v) is 12.7. The van der Waals surface area contributed by atoms with Gasteiger partial charge in [-0.1, -0.05) is 38.1 Å². The van der Waals surface area contributed by atoms with E-state index in [1.54, 1.807) is 24.4 Å². The second-order valence-electron chi connectivity index (χ2n) is 12.7. The molecule has 1 unspecified atom stereocenters. The normalized spacial score (nSPS) is 16.8. The molecule has 14 heteroatoms. The molecule has 0 radical (unpaired) electrons. The van der Waals surface area contributed by atoms with Crippen LogP contribution in [0.25, 0.3) is 0 Å². The summed E-state index contributed by atoms with van der Waals surface area (Å²) in [4.78, 5) is 57.6. The molecule has 1 aromatic heterocycles. The Balaban J connectivity index is 1.25. The van der Waals surface area contributed by atoms with Gasteiger partial charge in [-0.15, -0.1) is 0 Å². The zero-order chi connectivity index (χ0) is 35.4. The number of hydrogen-bond acceptors (Lipinski definition) is 9. The minimum Gasteiger partial charge on any atom is -0.480 e. The van der Waals surface area contributed by atoms with Gasteiger partial charge in [0.2, 0.25) is 17.7 Å². The number of nitrogens with zero attached hydrogens (tertiary/aromatic N) is 1. The number of anilines is 2. The van der Waals surface area contributed by atoms with Crippen molar-refractivity contribution in [3.8, 4) is 11.5 Å². The lowest BCUT2D eigenvalue weighted by molar-refractivity contribution is -0.144. The number of aliphatic carboxylic acids is 1. The van der Waals surface area contributed by atoms with Gasteiger partial charge in [0.05, 0.1) is 12.9 Å². The summed E-state index contributed by atoms with van der Waals surface area (Å²) in [6.45, 7) is 2.97. The first kappa shape index (κ1) is 34.1. The van der Waals surface area contributed by atoms with Crippen molar-refractivity contribution < 1.29 is 38.5 Å². The number of imidazole rings is 1. The van der Waals surface area contributed by atoms with Crippen LogP contribution in [0.3, 0.4) is 0 Å². The quantitative estimate of drug-likeness (QED) is 0.114. The minimum atomic E-state index is -1.22. The van der Waals surface area contributed by atoms with Gasteiger partial charge in [-0.25, -0.2) is 9.78 Å². The van der Waals surface area contributed by atoms with Crippen LogP contribution >= 0.6 is 0 Å². The lowest BCUT2D eigenvalue weighted by Crippen LogP contribution is -2.54. The molecule has 6 rings (SSSR count). The third-order valence-corrected chi connectivity index (χ3v) is 8.50. The maximum Gasteiger partial charge on any atom is 0.329 e. The summed E-state index contributed by atoms with van der Waals surface area (Å²) in [5.74, 6) is -1.99. The molecule has 0 saturated carbocycles. The molecule has 50 heavy (non-hydrogen) atoms. The number of amides is 3. The van der Waals surface area contributed by atoms with Crippen LogP contribution in [0.1, 0.15) is 48.2 Å². The van der Waals surface area contributed by atoms with E-state index >= 15 is 0 Å². The van der Waals surface area contributed by atoms with Gasteiger partial charge >= 0.3 is 5.97 Å².